The van der Waals surface area contributed by atoms with Gasteiger partial charge in [0.05, 0.1) is 27.7 Å². The number of carbonyl (C=O) groups is 2. The summed E-state index contributed by atoms with van der Waals surface area (Å²) >= 11 is 0. The van der Waals surface area contributed by atoms with Crippen LogP contribution in [0.25, 0.3) is 0 Å². The molecular weight excluding hydrogens is 870 g/mol. The SMILES string of the molecule is CC/C=C\C/C=C\C/C=C\C/C=C\C/C=C\C/C=C\C/C=C\C/C=C\CCCCCCCCC(=O)OC(COC(=O)CCCCCCC/C=C\C/C=C\CCC)COP(=O)([O-])OCC[N+](C)(C)C. The molecule has 0 aromatic rings. The molecule has 68 heavy (non-hydrogen) atoms. The summed E-state index contributed by atoms with van der Waals surface area (Å²) in [5.74, 6) is -0.879. The summed E-state index contributed by atoms with van der Waals surface area (Å²) in [5.41, 5.74) is 0. The van der Waals surface area contributed by atoms with Gasteiger partial charge in [0.1, 0.15) is 19.8 Å². The summed E-state index contributed by atoms with van der Waals surface area (Å²) in [6, 6.07) is 0. The van der Waals surface area contributed by atoms with E-state index >= 15 is 0 Å². The van der Waals surface area contributed by atoms with Crippen molar-refractivity contribution >= 4 is 19.8 Å². The molecule has 0 aliphatic carbocycles. The van der Waals surface area contributed by atoms with Crippen LogP contribution < -0.4 is 4.89 Å². The van der Waals surface area contributed by atoms with E-state index in [4.69, 9.17) is 18.5 Å². The molecule has 0 bridgehead atoms. The highest BCUT2D eigenvalue weighted by Gasteiger charge is 2.21. The number of phosphoric ester groups is 1. The van der Waals surface area contributed by atoms with E-state index < -0.39 is 32.5 Å². The van der Waals surface area contributed by atoms with E-state index in [1.165, 1.54) is 6.42 Å². The molecule has 0 saturated carbocycles. The molecule has 0 aromatic heterocycles. The monoisotopic (exact) mass is 966 g/mol. The van der Waals surface area contributed by atoms with Crippen LogP contribution in [-0.4, -0.2) is 70.0 Å². The van der Waals surface area contributed by atoms with Gasteiger partial charge < -0.3 is 27.9 Å². The Morgan fingerprint density at radius 2 is 0.838 bits per heavy atom. The molecule has 0 saturated heterocycles. The van der Waals surface area contributed by atoms with Crippen LogP contribution in [0.2, 0.25) is 0 Å². The molecule has 0 fully saturated rings. The van der Waals surface area contributed by atoms with Crippen molar-refractivity contribution in [1.82, 2.24) is 0 Å². The van der Waals surface area contributed by atoms with E-state index in [0.29, 0.717) is 23.9 Å². The number of hydrogen-bond donors (Lipinski definition) is 0. The third-order valence-corrected chi connectivity index (χ3v) is 11.4. The average molecular weight is 966 g/mol. The van der Waals surface area contributed by atoms with Gasteiger partial charge in [0.15, 0.2) is 6.10 Å². The predicted molar refractivity (Wildman–Crippen MR) is 286 cm³/mol. The number of ether oxygens (including phenoxy) is 2. The maximum Gasteiger partial charge on any atom is 0.306 e. The van der Waals surface area contributed by atoms with Crippen LogP contribution in [0, 0.1) is 0 Å². The second-order valence-electron chi connectivity index (χ2n) is 18.1. The van der Waals surface area contributed by atoms with Crippen molar-refractivity contribution in [3.63, 3.8) is 0 Å². The van der Waals surface area contributed by atoms with E-state index in [-0.39, 0.29) is 26.1 Å². The van der Waals surface area contributed by atoms with Crippen LogP contribution >= 0.6 is 7.82 Å². The van der Waals surface area contributed by atoms with Crippen LogP contribution in [0.1, 0.15) is 181 Å². The molecule has 0 aliphatic rings. The van der Waals surface area contributed by atoms with Gasteiger partial charge in [0.2, 0.25) is 0 Å². The number of phosphoric acid groups is 1. The first-order chi connectivity index (χ1) is 33.0. The highest BCUT2D eigenvalue weighted by atomic mass is 31.2. The minimum absolute atomic E-state index is 0.0434. The summed E-state index contributed by atoms with van der Waals surface area (Å²) in [5, 5.41) is 0. The molecule has 0 radical (unpaired) electrons. The lowest BCUT2D eigenvalue weighted by molar-refractivity contribution is -0.870. The van der Waals surface area contributed by atoms with Crippen LogP contribution in [0.4, 0.5) is 0 Å². The fourth-order valence-corrected chi connectivity index (χ4v) is 7.14. The Balaban J connectivity index is 4.26. The third-order valence-electron chi connectivity index (χ3n) is 10.4. The van der Waals surface area contributed by atoms with Crippen molar-refractivity contribution in [2.75, 3.05) is 47.5 Å². The number of likely N-dealkylation sites (N-methyl/N-ethyl adjacent to an activating group) is 1. The van der Waals surface area contributed by atoms with Gasteiger partial charge in [-0.1, -0.05) is 187 Å². The molecule has 0 N–H and O–H groups in total. The van der Waals surface area contributed by atoms with E-state index in [1.807, 2.05) is 21.1 Å². The molecule has 2 atom stereocenters. The Morgan fingerprint density at radius 1 is 0.471 bits per heavy atom. The topological polar surface area (TPSA) is 111 Å². The molecule has 0 aliphatic heterocycles. The maximum absolute atomic E-state index is 12.7. The Bertz CT molecular complexity index is 1560. The quantitative estimate of drug-likeness (QED) is 0.0195. The standard InChI is InChI=1S/C58H96NO8P/c1-6-8-10-12-14-16-18-20-21-22-23-24-25-26-27-28-29-30-31-32-33-34-35-36-37-39-41-43-45-47-49-51-58(61)67-56(55-66-68(62,63)65-53-52-59(3,4)5)54-64-57(60)50-48-46-44-42-40-38-19-17-15-13-11-9-7-2/h8,10-11,13-14,16-17,19-21,23-24,26-27,29-30,32-33,35-36,56H,6-7,9,12,15,18,22,25,28,31,34,37-55H2,1-5H3/b10-8-,13-11-,16-14-,19-17-,21-20-,24-23-,27-26-,30-29-,33-32-,36-35-. The van der Waals surface area contributed by atoms with Gasteiger partial charge in [-0.15, -0.1) is 0 Å². The fraction of sp³-hybridized carbons (Fsp3) is 0.621. The third kappa shape index (κ3) is 51.8. The Kier molecular flexibility index (Phi) is 45.9. The normalized spacial score (nSPS) is 14.4. The molecule has 0 aromatic carbocycles. The van der Waals surface area contributed by atoms with Gasteiger partial charge in [-0.2, -0.15) is 0 Å². The number of quaternary nitrogens is 1. The minimum atomic E-state index is -4.65. The van der Waals surface area contributed by atoms with Gasteiger partial charge in [-0.05, 0) is 103 Å². The molecule has 0 spiro atoms. The molecule has 0 rings (SSSR count). The molecular formula is C58H96NO8P. The molecule has 2 unspecified atom stereocenters. The number of nitrogens with zero attached hydrogens (tertiary/aromatic N) is 1. The summed E-state index contributed by atoms with van der Waals surface area (Å²) in [7, 11) is 1.13. The van der Waals surface area contributed by atoms with Crippen LogP contribution in [0.3, 0.4) is 0 Å². The smallest absolute Gasteiger partial charge is 0.306 e. The molecule has 0 heterocycles. The second-order valence-corrected chi connectivity index (χ2v) is 19.6. The van der Waals surface area contributed by atoms with Crippen molar-refractivity contribution < 1.29 is 42.1 Å². The summed E-state index contributed by atoms with van der Waals surface area (Å²) < 4.78 is 34.0. The maximum atomic E-state index is 12.7. The summed E-state index contributed by atoms with van der Waals surface area (Å²) in [6.45, 7) is 3.99. The van der Waals surface area contributed by atoms with Gasteiger partial charge in [-0.3, -0.25) is 14.2 Å². The molecule has 9 nitrogen and oxygen atoms in total. The lowest BCUT2D eigenvalue weighted by Gasteiger charge is -2.28. The highest BCUT2D eigenvalue weighted by Crippen LogP contribution is 2.38. The van der Waals surface area contributed by atoms with Gasteiger partial charge >= 0.3 is 11.9 Å². The van der Waals surface area contributed by atoms with E-state index in [1.54, 1.807) is 0 Å². The molecule has 0 amide bonds. The van der Waals surface area contributed by atoms with Crippen LogP contribution in [0.5, 0.6) is 0 Å². The number of carbonyl (C=O) groups excluding carboxylic acids is 2. The predicted octanol–water partition coefficient (Wildman–Crippen LogP) is 15.4. The first-order valence-electron chi connectivity index (χ1n) is 26.2. The first-order valence-corrected chi connectivity index (χ1v) is 27.7. The zero-order chi connectivity index (χ0) is 49.9. The zero-order valence-corrected chi connectivity index (χ0v) is 44.4. The van der Waals surface area contributed by atoms with Crippen molar-refractivity contribution in [2.24, 2.45) is 0 Å². The van der Waals surface area contributed by atoms with E-state index in [0.717, 1.165) is 135 Å². The fourth-order valence-electron chi connectivity index (χ4n) is 6.41. The number of rotatable bonds is 46. The number of allylic oxidation sites excluding steroid dienone is 20. The van der Waals surface area contributed by atoms with E-state index in [2.05, 4.69) is 135 Å². The lowest BCUT2D eigenvalue weighted by atomic mass is 10.1. The minimum Gasteiger partial charge on any atom is -0.756 e. The van der Waals surface area contributed by atoms with E-state index in [9.17, 15) is 19.0 Å². The van der Waals surface area contributed by atoms with Crippen molar-refractivity contribution in [1.29, 1.82) is 0 Å². The van der Waals surface area contributed by atoms with Crippen molar-refractivity contribution in [3.05, 3.63) is 122 Å². The Hall–Kier alpha value is -3.59. The zero-order valence-electron chi connectivity index (χ0n) is 43.5. The van der Waals surface area contributed by atoms with Crippen LogP contribution in [0.15, 0.2) is 122 Å². The molecule has 386 valence electrons. The second kappa shape index (κ2) is 48.4. The van der Waals surface area contributed by atoms with Crippen LogP contribution in [-0.2, 0) is 32.7 Å². The number of esters is 2. The average Bonchev–Trinajstić information content (AvgIpc) is 3.30. The van der Waals surface area contributed by atoms with Gasteiger partial charge in [0.25, 0.3) is 7.82 Å². The Morgan fingerprint density at radius 3 is 1.25 bits per heavy atom. The first kappa shape index (κ1) is 64.4. The van der Waals surface area contributed by atoms with Gasteiger partial charge in [0, 0.05) is 12.8 Å². The largest absolute Gasteiger partial charge is 0.756 e. The number of hydrogen-bond acceptors (Lipinski definition) is 8. The van der Waals surface area contributed by atoms with Crippen molar-refractivity contribution in [3.8, 4) is 0 Å². The van der Waals surface area contributed by atoms with Crippen molar-refractivity contribution in [2.45, 2.75) is 187 Å². The lowest BCUT2D eigenvalue weighted by Crippen LogP contribution is -2.37. The number of unbranched alkanes of at least 4 members (excludes halogenated alkanes) is 12. The van der Waals surface area contributed by atoms with Gasteiger partial charge in [-0.25, -0.2) is 0 Å². The summed E-state index contributed by atoms with van der Waals surface area (Å²) in [4.78, 5) is 37.7. The highest BCUT2D eigenvalue weighted by molar-refractivity contribution is 7.45. The molecule has 10 heteroatoms. The summed E-state index contributed by atoms with van der Waals surface area (Å²) in [6.07, 6.45) is 68.1. The Labute approximate surface area is 416 Å².